The zero-order valence-electron chi connectivity index (χ0n) is 7.19. The van der Waals surface area contributed by atoms with Gasteiger partial charge in [-0.1, -0.05) is 0 Å². The maximum Gasteiger partial charge on any atom is 0.308 e. The largest absolute Gasteiger partial charge is 0.425 e. The predicted octanol–water partition coefficient (Wildman–Crippen LogP) is 2.12. The maximum atomic E-state index is 10.7. The Kier molecular flexibility index (Phi) is 3.39. The Morgan fingerprint density at radius 1 is 1.57 bits per heavy atom. The van der Waals surface area contributed by atoms with Crippen molar-refractivity contribution in [3.63, 3.8) is 0 Å². The fourth-order valence-corrected chi connectivity index (χ4v) is 1.28. The minimum absolute atomic E-state index is 0.0957. The second-order valence-corrected chi connectivity index (χ2v) is 3.63. The van der Waals surface area contributed by atoms with E-state index in [1.165, 1.54) is 25.1 Å². The molecule has 6 heteroatoms. The quantitative estimate of drug-likeness (QED) is 0.276. The molecular formula is C8H6INO4. The number of rotatable bonds is 2. The number of nitro benzene ring substituents is 1. The average Bonchev–Trinajstić information content (AvgIpc) is 2.07. The number of benzene rings is 1. The first-order chi connectivity index (χ1) is 6.50. The molecule has 0 amide bonds. The highest BCUT2D eigenvalue weighted by Gasteiger charge is 2.11. The Morgan fingerprint density at radius 3 is 2.71 bits per heavy atom. The lowest BCUT2D eigenvalue weighted by Crippen LogP contribution is -2.03. The van der Waals surface area contributed by atoms with Gasteiger partial charge in [-0.05, 0) is 28.7 Å². The lowest BCUT2D eigenvalue weighted by molar-refractivity contribution is -0.384. The first-order valence-corrected chi connectivity index (χ1v) is 4.71. The van der Waals surface area contributed by atoms with Crippen molar-refractivity contribution >= 4 is 34.2 Å². The van der Waals surface area contributed by atoms with Gasteiger partial charge >= 0.3 is 5.97 Å². The van der Waals surface area contributed by atoms with Crippen molar-refractivity contribution in [3.05, 3.63) is 31.9 Å². The molecule has 14 heavy (non-hydrogen) atoms. The third kappa shape index (κ3) is 2.66. The monoisotopic (exact) mass is 307 g/mol. The zero-order valence-corrected chi connectivity index (χ0v) is 9.35. The predicted molar refractivity (Wildman–Crippen MR) is 57.1 cm³/mol. The zero-order chi connectivity index (χ0) is 10.7. The number of carbonyl (C=O) groups excluding carboxylic acids is 1. The van der Waals surface area contributed by atoms with Crippen molar-refractivity contribution in [2.45, 2.75) is 6.92 Å². The summed E-state index contributed by atoms with van der Waals surface area (Å²) in [5, 5.41) is 10.4. The van der Waals surface area contributed by atoms with E-state index in [-0.39, 0.29) is 11.4 Å². The van der Waals surface area contributed by atoms with Crippen molar-refractivity contribution in [1.82, 2.24) is 0 Å². The molecule has 74 valence electrons. The maximum absolute atomic E-state index is 10.7. The lowest BCUT2D eigenvalue weighted by atomic mass is 10.3. The highest BCUT2D eigenvalue weighted by atomic mass is 127. The van der Waals surface area contributed by atoms with Crippen molar-refractivity contribution in [1.29, 1.82) is 0 Å². The fourth-order valence-electron chi connectivity index (χ4n) is 0.839. The number of ether oxygens (including phenoxy) is 1. The Balaban J connectivity index is 3.08. The molecule has 0 N–H and O–H groups in total. The molecule has 0 bridgehead atoms. The van der Waals surface area contributed by atoms with Crippen molar-refractivity contribution in [2.24, 2.45) is 0 Å². The molecule has 0 aliphatic heterocycles. The van der Waals surface area contributed by atoms with Crippen molar-refractivity contribution in [3.8, 4) is 5.75 Å². The van der Waals surface area contributed by atoms with Crippen LogP contribution in [-0.2, 0) is 4.79 Å². The van der Waals surface area contributed by atoms with E-state index in [4.69, 9.17) is 4.74 Å². The van der Waals surface area contributed by atoms with E-state index in [0.29, 0.717) is 3.57 Å². The van der Waals surface area contributed by atoms with Crippen LogP contribution in [0, 0.1) is 13.7 Å². The van der Waals surface area contributed by atoms with Gasteiger partial charge in [0, 0.05) is 13.0 Å². The van der Waals surface area contributed by atoms with Crippen molar-refractivity contribution in [2.75, 3.05) is 0 Å². The van der Waals surface area contributed by atoms with Gasteiger partial charge in [-0.2, -0.15) is 0 Å². The van der Waals surface area contributed by atoms with E-state index in [0.717, 1.165) is 0 Å². The van der Waals surface area contributed by atoms with Gasteiger partial charge in [0.2, 0.25) is 0 Å². The summed E-state index contributed by atoms with van der Waals surface area (Å²) in [5.41, 5.74) is -0.0957. The number of nitrogens with zero attached hydrogens (tertiary/aromatic N) is 1. The number of halogens is 1. The minimum Gasteiger partial charge on any atom is -0.425 e. The van der Waals surface area contributed by atoms with E-state index in [2.05, 4.69) is 0 Å². The van der Waals surface area contributed by atoms with Crippen LogP contribution in [0.25, 0.3) is 0 Å². The molecule has 0 aromatic heterocycles. The lowest BCUT2D eigenvalue weighted by Gasteiger charge is -2.02. The van der Waals surface area contributed by atoms with Gasteiger partial charge in [-0.25, -0.2) is 0 Å². The molecule has 1 aromatic carbocycles. The number of non-ortho nitro benzene ring substituents is 1. The van der Waals surface area contributed by atoms with Gasteiger partial charge in [0.05, 0.1) is 14.6 Å². The fraction of sp³-hybridized carbons (Fsp3) is 0.125. The minimum atomic E-state index is -0.539. The normalized spacial score (nSPS) is 9.57. The van der Waals surface area contributed by atoms with Crippen LogP contribution in [0.2, 0.25) is 0 Å². The van der Waals surface area contributed by atoms with E-state index >= 15 is 0 Å². The molecule has 0 saturated carbocycles. The van der Waals surface area contributed by atoms with Gasteiger partial charge < -0.3 is 4.74 Å². The van der Waals surface area contributed by atoms with Gasteiger partial charge in [-0.3, -0.25) is 14.9 Å². The Labute approximate surface area is 93.4 Å². The van der Waals surface area contributed by atoms with Gasteiger partial charge in [0.1, 0.15) is 0 Å². The Hall–Kier alpha value is -1.18. The molecule has 0 unspecified atom stereocenters. The molecule has 0 radical (unpaired) electrons. The van der Waals surface area contributed by atoms with Crippen LogP contribution in [0.4, 0.5) is 5.69 Å². The van der Waals surface area contributed by atoms with Crippen LogP contribution in [0.15, 0.2) is 18.2 Å². The third-order valence-corrected chi connectivity index (χ3v) is 2.27. The first-order valence-electron chi connectivity index (χ1n) is 3.63. The van der Waals surface area contributed by atoms with Gasteiger partial charge in [0.15, 0.2) is 5.75 Å². The SMILES string of the molecule is CC(=O)Oc1cc([N+](=O)[O-])ccc1I. The van der Waals surface area contributed by atoms with E-state index in [1.807, 2.05) is 22.6 Å². The molecule has 0 aliphatic rings. The van der Waals surface area contributed by atoms with Crippen LogP contribution in [0.3, 0.4) is 0 Å². The summed E-state index contributed by atoms with van der Waals surface area (Å²) in [6.07, 6.45) is 0. The van der Waals surface area contributed by atoms with E-state index in [1.54, 1.807) is 0 Å². The highest BCUT2D eigenvalue weighted by Crippen LogP contribution is 2.26. The summed E-state index contributed by atoms with van der Waals surface area (Å²) in [6, 6.07) is 4.11. The number of hydrogen-bond acceptors (Lipinski definition) is 4. The number of nitro groups is 1. The molecule has 1 rings (SSSR count). The number of esters is 1. The smallest absolute Gasteiger partial charge is 0.308 e. The van der Waals surface area contributed by atoms with Crippen LogP contribution in [0.1, 0.15) is 6.92 Å². The Bertz CT molecular complexity index is 391. The standard InChI is InChI=1S/C8H6INO4/c1-5(11)14-8-4-6(10(12)13)2-3-7(8)9/h2-4H,1H3. The summed E-state index contributed by atoms with van der Waals surface area (Å²) in [5.74, 6) is -0.282. The number of hydrogen-bond donors (Lipinski definition) is 0. The first kappa shape index (κ1) is 10.9. The molecule has 0 heterocycles. The van der Waals surface area contributed by atoms with Crippen LogP contribution >= 0.6 is 22.6 Å². The van der Waals surface area contributed by atoms with Gasteiger partial charge in [-0.15, -0.1) is 0 Å². The molecule has 0 atom stereocenters. The Morgan fingerprint density at radius 2 is 2.21 bits per heavy atom. The van der Waals surface area contributed by atoms with Crippen LogP contribution < -0.4 is 4.74 Å². The second-order valence-electron chi connectivity index (χ2n) is 2.47. The second kappa shape index (κ2) is 4.36. The topological polar surface area (TPSA) is 69.4 Å². The molecule has 5 nitrogen and oxygen atoms in total. The van der Waals surface area contributed by atoms with Crippen LogP contribution in [-0.4, -0.2) is 10.9 Å². The summed E-state index contributed by atoms with van der Waals surface area (Å²) >= 11 is 1.93. The molecule has 0 saturated heterocycles. The summed E-state index contributed by atoms with van der Waals surface area (Å²) in [6.45, 7) is 1.24. The molecule has 1 aromatic rings. The van der Waals surface area contributed by atoms with E-state index in [9.17, 15) is 14.9 Å². The highest BCUT2D eigenvalue weighted by molar-refractivity contribution is 14.1. The molecule has 0 fully saturated rings. The van der Waals surface area contributed by atoms with Crippen molar-refractivity contribution < 1.29 is 14.5 Å². The van der Waals surface area contributed by atoms with E-state index < -0.39 is 10.9 Å². The molecule has 0 aliphatic carbocycles. The molecule has 0 spiro atoms. The molecular weight excluding hydrogens is 301 g/mol. The van der Waals surface area contributed by atoms with Crippen LogP contribution in [0.5, 0.6) is 5.75 Å². The number of carbonyl (C=O) groups is 1. The summed E-state index contributed by atoms with van der Waals surface area (Å²) < 4.78 is 5.44. The average molecular weight is 307 g/mol. The summed E-state index contributed by atoms with van der Waals surface area (Å²) in [4.78, 5) is 20.5. The van der Waals surface area contributed by atoms with Gasteiger partial charge in [0.25, 0.3) is 5.69 Å². The third-order valence-electron chi connectivity index (χ3n) is 1.38. The summed E-state index contributed by atoms with van der Waals surface area (Å²) in [7, 11) is 0.